The fraction of sp³-hybridized carbons (Fsp3) is 0.444. The molecule has 12 heavy (non-hydrogen) atoms. The highest BCUT2D eigenvalue weighted by molar-refractivity contribution is 7.10. The first-order chi connectivity index (χ1) is 5.70. The predicted molar refractivity (Wildman–Crippen MR) is 51.4 cm³/mol. The Labute approximate surface area is 76.6 Å². The van der Waals surface area contributed by atoms with Crippen LogP contribution in [0.15, 0.2) is 11.4 Å². The lowest BCUT2D eigenvalue weighted by molar-refractivity contribution is -0.116. The van der Waals surface area contributed by atoms with Crippen molar-refractivity contribution in [3.63, 3.8) is 0 Å². The zero-order valence-corrected chi connectivity index (χ0v) is 8.20. The monoisotopic (exact) mass is 183 g/mol. The molecule has 0 aromatic carbocycles. The Kier molecular flexibility index (Phi) is 3.44. The van der Waals surface area contributed by atoms with Gasteiger partial charge in [0.25, 0.3) is 0 Å². The number of hydrogen-bond acceptors (Lipinski definition) is 3. The van der Waals surface area contributed by atoms with Gasteiger partial charge in [-0.1, -0.05) is 0 Å². The van der Waals surface area contributed by atoms with E-state index in [0.717, 1.165) is 6.54 Å². The minimum absolute atomic E-state index is 0.184. The molecule has 0 saturated carbocycles. The van der Waals surface area contributed by atoms with Gasteiger partial charge in [-0.05, 0) is 30.9 Å². The van der Waals surface area contributed by atoms with Gasteiger partial charge in [-0.3, -0.25) is 4.79 Å². The zero-order chi connectivity index (χ0) is 8.97. The SMILES string of the molecule is CC(=O)CNCc1sccc1C. The molecule has 66 valence electrons. The second-order valence-electron chi connectivity index (χ2n) is 2.83. The van der Waals surface area contributed by atoms with E-state index in [1.54, 1.807) is 18.3 Å². The Morgan fingerprint density at radius 3 is 2.92 bits per heavy atom. The minimum Gasteiger partial charge on any atom is -0.305 e. The maximum Gasteiger partial charge on any atom is 0.143 e. The third-order valence-corrected chi connectivity index (χ3v) is 2.65. The molecular formula is C9H13NOS. The van der Waals surface area contributed by atoms with Gasteiger partial charge in [0.05, 0.1) is 6.54 Å². The molecule has 0 spiro atoms. The number of Topliss-reactive ketones (excluding diaryl/α,β-unsaturated/α-hetero) is 1. The average Bonchev–Trinajstić information content (AvgIpc) is 2.36. The fourth-order valence-corrected chi connectivity index (χ4v) is 1.81. The van der Waals surface area contributed by atoms with Crippen LogP contribution in [0.3, 0.4) is 0 Å². The first kappa shape index (κ1) is 9.42. The summed E-state index contributed by atoms with van der Waals surface area (Å²) in [6.07, 6.45) is 0. The molecule has 0 radical (unpaired) electrons. The number of rotatable bonds is 4. The number of hydrogen-bond donors (Lipinski definition) is 1. The van der Waals surface area contributed by atoms with E-state index in [1.807, 2.05) is 0 Å². The van der Waals surface area contributed by atoms with E-state index in [1.165, 1.54) is 10.4 Å². The van der Waals surface area contributed by atoms with Crippen LogP contribution in [0, 0.1) is 6.92 Å². The van der Waals surface area contributed by atoms with E-state index in [9.17, 15) is 4.79 Å². The molecule has 0 atom stereocenters. The van der Waals surface area contributed by atoms with Crippen LogP contribution in [0.25, 0.3) is 0 Å². The lowest BCUT2D eigenvalue weighted by Crippen LogP contribution is -2.20. The summed E-state index contributed by atoms with van der Waals surface area (Å²) in [7, 11) is 0. The van der Waals surface area contributed by atoms with Crippen molar-refractivity contribution in [1.29, 1.82) is 0 Å². The molecule has 0 unspecified atom stereocenters. The van der Waals surface area contributed by atoms with E-state index >= 15 is 0 Å². The van der Waals surface area contributed by atoms with Gasteiger partial charge >= 0.3 is 0 Å². The van der Waals surface area contributed by atoms with Crippen molar-refractivity contribution in [2.24, 2.45) is 0 Å². The maximum atomic E-state index is 10.6. The standard InChI is InChI=1S/C9H13NOS/c1-7-3-4-12-9(7)6-10-5-8(2)11/h3-4,10H,5-6H2,1-2H3. The number of ketones is 1. The molecule has 0 amide bonds. The number of thiophene rings is 1. The van der Waals surface area contributed by atoms with Gasteiger partial charge in [-0.15, -0.1) is 11.3 Å². The Hall–Kier alpha value is -0.670. The highest BCUT2D eigenvalue weighted by Crippen LogP contribution is 2.14. The van der Waals surface area contributed by atoms with Gasteiger partial charge in [0.1, 0.15) is 5.78 Å². The van der Waals surface area contributed by atoms with Crippen molar-refractivity contribution in [1.82, 2.24) is 5.32 Å². The van der Waals surface area contributed by atoms with Gasteiger partial charge in [0.2, 0.25) is 0 Å². The summed E-state index contributed by atoms with van der Waals surface area (Å²) in [5.41, 5.74) is 1.30. The third-order valence-electron chi connectivity index (χ3n) is 1.63. The second kappa shape index (κ2) is 4.38. The first-order valence-electron chi connectivity index (χ1n) is 3.93. The molecule has 0 saturated heterocycles. The Balaban J connectivity index is 2.33. The van der Waals surface area contributed by atoms with Gasteiger partial charge in [0.15, 0.2) is 0 Å². The average molecular weight is 183 g/mol. The summed E-state index contributed by atoms with van der Waals surface area (Å²) >= 11 is 1.73. The molecule has 1 heterocycles. The van der Waals surface area contributed by atoms with Crippen LogP contribution in [-0.4, -0.2) is 12.3 Å². The van der Waals surface area contributed by atoms with Gasteiger partial charge in [0, 0.05) is 11.4 Å². The van der Waals surface area contributed by atoms with Crippen LogP contribution in [0.5, 0.6) is 0 Å². The first-order valence-corrected chi connectivity index (χ1v) is 4.81. The molecule has 0 fully saturated rings. The summed E-state index contributed by atoms with van der Waals surface area (Å²) in [6, 6.07) is 2.09. The minimum atomic E-state index is 0.184. The third kappa shape index (κ3) is 2.75. The van der Waals surface area contributed by atoms with Crippen molar-refractivity contribution in [2.75, 3.05) is 6.54 Å². The van der Waals surface area contributed by atoms with Crippen LogP contribution < -0.4 is 5.32 Å². The summed E-state index contributed by atoms with van der Waals surface area (Å²) in [4.78, 5) is 11.9. The second-order valence-corrected chi connectivity index (χ2v) is 3.83. The van der Waals surface area contributed by atoms with Gasteiger partial charge in [-0.25, -0.2) is 0 Å². The van der Waals surface area contributed by atoms with Crippen LogP contribution in [-0.2, 0) is 11.3 Å². The van der Waals surface area contributed by atoms with Crippen molar-refractivity contribution in [3.8, 4) is 0 Å². The van der Waals surface area contributed by atoms with Gasteiger partial charge < -0.3 is 5.32 Å². The van der Waals surface area contributed by atoms with E-state index in [-0.39, 0.29) is 5.78 Å². The molecular weight excluding hydrogens is 170 g/mol. The van der Waals surface area contributed by atoms with Crippen LogP contribution >= 0.6 is 11.3 Å². The molecule has 0 aliphatic heterocycles. The molecule has 1 rings (SSSR count). The summed E-state index contributed by atoms with van der Waals surface area (Å²) in [6.45, 7) is 4.95. The quantitative estimate of drug-likeness (QED) is 0.770. The molecule has 2 nitrogen and oxygen atoms in total. The zero-order valence-electron chi connectivity index (χ0n) is 7.39. The van der Waals surface area contributed by atoms with E-state index < -0.39 is 0 Å². The smallest absolute Gasteiger partial charge is 0.143 e. The number of carbonyl (C=O) groups excluding carboxylic acids is 1. The maximum absolute atomic E-state index is 10.6. The van der Waals surface area contributed by atoms with Crippen molar-refractivity contribution in [3.05, 3.63) is 21.9 Å². The largest absolute Gasteiger partial charge is 0.305 e. The van der Waals surface area contributed by atoms with Crippen LogP contribution in [0.2, 0.25) is 0 Å². The molecule has 1 aromatic heterocycles. The van der Waals surface area contributed by atoms with Crippen molar-refractivity contribution >= 4 is 17.1 Å². The number of carbonyl (C=O) groups is 1. The van der Waals surface area contributed by atoms with Crippen LogP contribution in [0.4, 0.5) is 0 Å². The Morgan fingerprint density at radius 1 is 1.67 bits per heavy atom. The summed E-state index contributed by atoms with van der Waals surface area (Å²) in [5.74, 6) is 0.184. The van der Waals surface area contributed by atoms with E-state index in [4.69, 9.17) is 0 Å². The van der Waals surface area contributed by atoms with Crippen molar-refractivity contribution in [2.45, 2.75) is 20.4 Å². The Bertz CT molecular complexity index is 267. The summed E-state index contributed by atoms with van der Waals surface area (Å²) < 4.78 is 0. The highest BCUT2D eigenvalue weighted by Gasteiger charge is 1.98. The molecule has 0 aliphatic carbocycles. The van der Waals surface area contributed by atoms with E-state index in [0.29, 0.717) is 6.54 Å². The van der Waals surface area contributed by atoms with Crippen LogP contribution in [0.1, 0.15) is 17.4 Å². The molecule has 0 bridgehead atoms. The Morgan fingerprint density at radius 2 is 2.42 bits per heavy atom. The van der Waals surface area contributed by atoms with E-state index in [2.05, 4.69) is 23.7 Å². The molecule has 1 aromatic rings. The highest BCUT2D eigenvalue weighted by atomic mass is 32.1. The molecule has 0 aliphatic rings. The fourth-order valence-electron chi connectivity index (χ4n) is 0.937. The lowest BCUT2D eigenvalue weighted by atomic mass is 10.3. The topological polar surface area (TPSA) is 29.1 Å². The normalized spacial score (nSPS) is 10.2. The lowest BCUT2D eigenvalue weighted by Gasteiger charge is -2.00. The molecule has 1 N–H and O–H groups in total. The van der Waals surface area contributed by atoms with Gasteiger partial charge in [-0.2, -0.15) is 0 Å². The number of nitrogens with one attached hydrogen (secondary N) is 1. The van der Waals surface area contributed by atoms with Crippen molar-refractivity contribution < 1.29 is 4.79 Å². The predicted octanol–water partition coefficient (Wildman–Crippen LogP) is 1.74. The summed E-state index contributed by atoms with van der Waals surface area (Å²) in [5, 5.41) is 5.16. The number of aryl methyl sites for hydroxylation is 1. The molecule has 3 heteroatoms.